The molecular formula is C62H100N4O8S. The van der Waals surface area contributed by atoms with Crippen LogP contribution in [-0.4, -0.2) is 70.4 Å². The number of aromatic amines is 1. The first-order chi connectivity index (χ1) is 34.2. The molecule has 0 bridgehead atoms. The summed E-state index contributed by atoms with van der Waals surface area (Å²) in [5.74, 6) is -0.969. The lowest BCUT2D eigenvalue weighted by atomic mass is 9.59. The second-order valence-electron chi connectivity index (χ2n) is 28.2. The van der Waals surface area contributed by atoms with Crippen LogP contribution in [0.15, 0.2) is 34.0 Å². The minimum absolute atomic E-state index is 0.0656. The van der Waals surface area contributed by atoms with Crippen molar-refractivity contribution in [1.29, 1.82) is 0 Å². The minimum atomic E-state index is -0.608. The number of hydrogen-bond acceptors (Lipinski definition) is 10. The Morgan fingerprint density at radius 3 is 1.57 bits per heavy atom. The zero-order valence-corrected chi connectivity index (χ0v) is 51.5. The second-order valence-corrected chi connectivity index (χ2v) is 29.6. The first-order valence-corrected chi connectivity index (χ1v) is 29.1. The average molecular weight is 1060 g/mol. The fourth-order valence-corrected chi connectivity index (χ4v) is 12.2. The average Bonchev–Trinajstić information content (AvgIpc) is 3.81. The van der Waals surface area contributed by atoms with E-state index in [1.165, 1.54) is 11.8 Å². The van der Waals surface area contributed by atoms with Gasteiger partial charge in [-0.05, 0) is 122 Å². The van der Waals surface area contributed by atoms with Gasteiger partial charge in [-0.15, -0.1) is 11.8 Å². The zero-order chi connectivity index (χ0) is 57.2. The molecule has 2 heterocycles. The van der Waals surface area contributed by atoms with Gasteiger partial charge in [0.25, 0.3) is 5.91 Å². The quantitative estimate of drug-likeness (QED) is 0.0632. The number of amidine groups is 1. The molecule has 1 aliphatic heterocycles. The second kappa shape index (κ2) is 24.3. The van der Waals surface area contributed by atoms with E-state index in [9.17, 15) is 14.4 Å². The van der Waals surface area contributed by atoms with Crippen molar-refractivity contribution in [3.05, 3.63) is 45.8 Å². The highest BCUT2D eigenvalue weighted by molar-refractivity contribution is 8.00. The summed E-state index contributed by atoms with van der Waals surface area (Å²) in [4.78, 5) is 79.6. The number of rotatable bonds is 16. The molecule has 5 unspecified atom stereocenters. The Hall–Kier alpha value is -4.13. The van der Waals surface area contributed by atoms with Gasteiger partial charge in [-0.3, -0.25) is 14.4 Å². The molecule has 2 aliphatic carbocycles. The number of aliphatic imine (C=N–C) groups is 1. The van der Waals surface area contributed by atoms with Crippen molar-refractivity contribution in [1.82, 2.24) is 10.3 Å². The SMILES string of the molecule is C=C(C)C(=O)NC1=NC(=Cc2[nH]c(NC(=O)C(C)SCCOC(=O)C(C)(C)CC)c(C(=O)OC3C(C(C)(C)C)CC(C)CC3C(C)(C)C)c2C(C)C)C(C(C)C)=C1C(=O)OC1C(C(C)(C)C)CC(C)CC1C(C)(C)C. The van der Waals surface area contributed by atoms with Crippen LogP contribution >= 0.6 is 11.8 Å². The molecule has 0 saturated heterocycles. The van der Waals surface area contributed by atoms with Crippen LogP contribution in [0.4, 0.5) is 5.82 Å². The molecule has 2 saturated carbocycles. The Balaban J connectivity index is 1.96. The molecule has 2 amide bonds. The molecule has 5 atom stereocenters. The van der Waals surface area contributed by atoms with Crippen molar-refractivity contribution in [2.75, 3.05) is 17.7 Å². The Bertz CT molecular complexity index is 2330. The fourth-order valence-electron chi connectivity index (χ4n) is 11.5. The van der Waals surface area contributed by atoms with Crippen LogP contribution < -0.4 is 10.6 Å². The van der Waals surface area contributed by atoms with Gasteiger partial charge in [-0.1, -0.05) is 138 Å². The van der Waals surface area contributed by atoms with Gasteiger partial charge in [0.2, 0.25) is 5.91 Å². The van der Waals surface area contributed by atoms with Crippen molar-refractivity contribution in [2.45, 2.75) is 215 Å². The standard InChI is InChI=1S/C62H100N4O8S/c1-25-62(23,24)57(71)72-26-27-75-38(10)54(68)66-52-48(56(70)74-50-41(60(17,18)19)30-37(9)31-42(50)61(20,21)22)46(34(4)5)44(64-52)32-43-45(33(2)3)47(51(63-43)65-53(67)35(6)7)55(69)73-49-39(58(11,12)13)28-36(8)29-40(49)59(14,15)16/h32-34,36-42,49-50,64H,6,25-31H2,1-5,7-24H3,(H,66,68)(H,63,65,67). The Morgan fingerprint density at radius 2 is 1.17 bits per heavy atom. The van der Waals surface area contributed by atoms with Gasteiger partial charge in [0.05, 0.1) is 16.4 Å². The predicted octanol–water partition coefficient (Wildman–Crippen LogP) is 14.5. The van der Waals surface area contributed by atoms with E-state index in [1.54, 1.807) is 13.8 Å². The molecule has 3 aliphatic rings. The molecule has 2 fully saturated rings. The van der Waals surface area contributed by atoms with Gasteiger partial charge in [0, 0.05) is 40.7 Å². The molecular weight excluding hydrogens is 961 g/mol. The number of allylic oxidation sites excluding steroid dienone is 1. The maximum absolute atomic E-state index is 15.4. The lowest BCUT2D eigenvalue weighted by Gasteiger charge is -2.50. The van der Waals surface area contributed by atoms with Gasteiger partial charge in [-0.2, -0.15) is 0 Å². The van der Waals surface area contributed by atoms with Gasteiger partial charge in [0.1, 0.15) is 41.6 Å². The number of ether oxygens (including phenoxy) is 3. The molecule has 422 valence electrons. The maximum Gasteiger partial charge on any atom is 0.342 e. The summed E-state index contributed by atoms with van der Waals surface area (Å²) in [6.45, 7) is 52.1. The summed E-state index contributed by atoms with van der Waals surface area (Å²) in [7, 11) is 0. The summed E-state index contributed by atoms with van der Waals surface area (Å²) in [6, 6.07) is 0. The molecule has 3 N–H and O–H groups in total. The number of H-pyrrole nitrogens is 1. The smallest absolute Gasteiger partial charge is 0.342 e. The van der Waals surface area contributed by atoms with Crippen LogP contribution in [0.1, 0.15) is 219 Å². The monoisotopic (exact) mass is 1060 g/mol. The van der Waals surface area contributed by atoms with Crippen LogP contribution in [-0.2, 0) is 33.4 Å². The van der Waals surface area contributed by atoms with Crippen molar-refractivity contribution in [3.63, 3.8) is 0 Å². The van der Waals surface area contributed by atoms with Crippen molar-refractivity contribution in [2.24, 2.45) is 73.5 Å². The number of amides is 2. The number of nitrogens with one attached hydrogen (secondary N) is 3. The number of esters is 3. The first kappa shape index (κ1) is 63.4. The lowest BCUT2D eigenvalue weighted by molar-refractivity contribution is -0.164. The third-order valence-corrected chi connectivity index (χ3v) is 17.5. The molecule has 0 aromatic carbocycles. The summed E-state index contributed by atoms with van der Waals surface area (Å²) < 4.78 is 19.3. The fraction of sp³-hybridized carbons (Fsp3) is 0.742. The minimum Gasteiger partial charge on any atom is -0.464 e. The first-order valence-electron chi connectivity index (χ1n) is 28.0. The van der Waals surface area contributed by atoms with Crippen LogP contribution in [0.5, 0.6) is 0 Å². The molecule has 1 aromatic heterocycles. The van der Waals surface area contributed by atoms with Gasteiger partial charge in [0.15, 0.2) is 0 Å². The number of anilines is 1. The van der Waals surface area contributed by atoms with E-state index in [-0.39, 0.29) is 104 Å². The molecule has 12 nitrogen and oxygen atoms in total. The summed E-state index contributed by atoms with van der Waals surface area (Å²) in [5.41, 5.74) is 1.45. The number of hydrogen-bond donors (Lipinski definition) is 3. The number of carbonyl (C=O) groups excluding carboxylic acids is 5. The molecule has 0 radical (unpaired) electrons. The Labute approximate surface area is 457 Å². The molecule has 1 aromatic rings. The highest BCUT2D eigenvalue weighted by Crippen LogP contribution is 2.52. The van der Waals surface area contributed by atoms with Crippen LogP contribution in [0.2, 0.25) is 0 Å². The van der Waals surface area contributed by atoms with E-state index in [1.807, 2.05) is 54.5 Å². The number of aromatic nitrogens is 1. The highest BCUT2D eigenvalue weighted by Gasteiger charge is 2.51. The largest absolute Gasteiger partial charge is 0.464 e. The van der Waals surface area contributed by atoms with Crippen molar-refractivity contribution >= 4 is 59.2 Å². The normalized spacial score (nSPS) is 25.0. The summed E-state index contributed by atoms with van der Waals surface area (Å²) in [5, 5.41) is 5.40. The molecule has 4 rings (SSSR count). The lowest BCUT2D eigenvalue weighted by Crippen LogP contribution is -2.50. The van der Waals surface area contributed by atoms with Gasteiger partial charge >= 0.3 is 17.9 Å². The molecule has 13 heteroatoms. The topological polar surface area (TPSA) is 165 Å². The number of carbonyl (C=O) groups is 5. The molecule has 0 spiro atoms. The van der Waals surface area contributed by atoms with E-state index >= 15 is 9.59 Å². The van der Waals surface area contributed by atoms with Crippen LogP contribution in [0.25, 0.3) is 6.08 Å². The van der Waals surface area contributed by atoms with Crippen LogP contribution in [0.3, 0.4) is 0 Å². The molecule has 75 heavy (non-hydrogen) atoms. The van der Waals surface area contributed by atoms with Crippen molar-refractivity contribution < 1.29 is 38.2 Å². The van der Waals surface area contributed by atoms with Gasteiger partial charge in [-0.25, -0.2) is 14.6 Å². The third-order valence-electron chi connectivity index (χ3n) is 16.4. The van der Waals surface area contributed by atoms with E-state index in [0.29, 0.717) is 46.5 Å². The maximum atomic E-state index is 15.4. The third kappa shape index (κ3) is 15.5. The summed E-state index contributed by atoms with van der Waals surface area (Å²) >= 11 is 1.35. The Kier molecular flexibility index (Phi) is 20.5. The number of thioether (sulfide) groups is 1. The predicted molar refractivity (Wildman–Crippen MR) is 308 cm³/mol. The summed E-state index contributed by atoms with van der Waals surface area (Å²) in [6.07, 6.45) is 5.28. The van der Waals surface area contributed by atoms with Crippen molar-refractivity contribution in [3.8, 4) is 0 Å². The van der Waals surface area contributed by atoms with Gasteiger partial charge < -0.3 is 29.8 Å². The van der Waals surface area contributed by atoms with E-state index < -0.39 is 40.7 Å². The number of nitrogens with zero attached hydrogens (tertiary/aromatic N) is 1. The van der Waals surface area contributed by atoms with E-state index in [0.717, 1.165) is 25.7 Å². The van der Waals surface area contributed by atoms with Crippen LogP contribution in [0, 0.1) is 68.5 Å². The van der Waals surface area contributed by atoms with E-state index in [4.69, 9.17) is 19.2 Å². The Morgan fingerprint density at radius 1 is 0.720 bits per heavy atom. The highest BCUT2D eigenvalue weighted by atomic mass is 32.2. The van der Waals surface area contributed by atoms with E-state index in [2.05, 4.69) is 119 Å². The zero-order valence-electron chi connectivity index (χ0n) is 50.7.